The van der Waals surface area contributed by atoms with Gasteiger partial charge in [0.25, 0.3) is 0 Å². The van der Waals surface area contributed by atoms with Gasteiger partial charge in [-0.3, -0.25) is 4.79 Å². The Labute approximate surface area is 110 Å². The summed E-state index contributed by atoms with van der Waals surface area (Å²) in [5.41, 5.74) is 5.78. The fraction of sp³-hybridized carbons (Fsp3) is 0.231. The summed E-state index contributed by atoms with van der Waals surface area (Å²) in [5.74, 6) is -0.0655. The van der Waals surface area contributed by atoms with Gasteiger partial charge in [0.1, 0.15) is 0 Å². The molecule has 0 bridgehead atoms. The molecule has 1 heterocycles. The van der Waals surface area contributed by atoms with Crippen molar-refractivity contribution in [1.29, 1.82) is 0 Å². The molecule has 0 aliphatic carbocycles. The van der Waals surface area contributed by atoms with Crippen molar-refractivity contribution in [1.82, 2.24) is 4.98 Å². The van der Waals surface area contributed by atoms with Gasteiger partial charge in [-0.05, 0) is 24.6 Å². The van der Waals surface area contributed by atoms with E-state index in [1.807, 2.05) is 36.0 Å². The van der Waals surface area contributed by atoms with Crippen molar-refractivity contribution >= 4 is 28.6 Å². The first kappa shape index (κ1) is 12.6. The molecule has 1 aromatic carbocycles. The molecule has 2 N–H and O–H groups in total. The molecule has 1 aromatic heterocycles. The van der Waals surface area contributed by atoms with Gasteiger partial charge in [0.05, 0.1) is 17.7 Å². The fourth-order valence-corrected chi connectivity index (χ4v) is 2.16. The van der Waals surface area contributed by atoms with E-state index in [1.165, 1.54) is 6.92 Å². The van der Waals surface area contributed by atoms with Crippen molar-refractivity contribution < 1.29 is 4.79 Å². The van der Waals surface area contributed by atoms with Gasteiger partial charge in [-0.2, -0.15) is 0 Å². The van der Waals surface area contributed by atoms with Crippen LogP contribution in [0.15, 0.2) is 29.1 Å². The number of amides is 1. The summed E-state index contributed by atoms with van der Waals surface area (Å²) >= 11 is 1.58. The summed E-state index contributed by atoms with van der Waals surface area (Å²) in [6.45, 7) is 4.22. The lowest BCUT2D eigenvalue weighted by Gasteiger charge is -2.11. The van der Waals surface area contributed by atoms with Gasteiger partial charge in [0.2, 0.25) is 5.91 Å². The average molecular weight is 261 g/mol. The molecule has 18 heavy (non-hydrogen) atoms. The van der Waals surface area contributed by atoms with Crippen molar-refractivity contribution in [3.8, 4) is 0 Å². The van der Waals surface area contributed by atoms with Gasteiger partial charge in [0, 0.05) is 23.7 Å². The monoisotopic (exact) mass is 261 g/mol. The van der Waals surface area contributed by atoms with Crippen LogP contribution in [0.4, 0.5) is 11.4 Å². The number of rotatable bonds is 4. The van der Waals surface area contributed by atoms with Gasteiger partial charge in [-0.25, -0.2) is 4.98 Å². The number of nitrogens with one attached hydrogen (secondary N) is 2. The van der Waals surface area contributed by atoms with E-state index in [0.29, 0.717) is 6.54 Å². The number of carbonyl (C=O) groups excluding carboxylic acids is 1. The van der Waals surface area contributed by atoms with E-state index >= 15 is 0 Å². The smallest absolute Gasteiger partial charge is 0.221 e. The lowest BCUT2D eigenvalue weighted by molar-refractivity contribution is -0.114. The summed E-state index contributed by atoms with van der Waals surface area (Å²) in [4.78, 5) is 15.2. The van der Waals surface area contributed by atoms with Crippen LogP contribution in [0, 0.1) is 6.92 Å². The molecule has 2 rings (SSSR count). The fourth-order valence-electron chi connectivity index (χ4n) is 1.60. The average Bonchev–Trinajstić information content (AvgIpc) is 2.82. The number of benzene rings is 1. The Balaban J connectivity index is 2.08. The Morgan fingerprint density at radius 1 is 1.44 bits per heavy atom. The van der Waals surface area contributed by atoms with Crippen molar-refractivity contribution in [2.24, 2.45) is 0 Å². The summed E-state index contributed by atoms with van der Waals surface area (Å²) in [5, 5.41) is 8.11. The van der Waals surface area contributed by atoms with E-state index in [9.17, 15) is 4.79 Å². The molecule has 1 amide bonds. The van der Waals surface area contributed by atoms with Crippen LogP contribution in [0.3, 0.4) is 0 Å². The number of nitrogens with zero attached hydrogens (tertiary/aromatic N) is 1. The van der Waals surface area contributed by atoms with Crippen molar-refractivity contribution in [3.63, 3.8) is 0 Å². The minimum atomic E-state index is -0.0655. The number of anilines is 2. The second kappa shape index (κ2) is 5.64. The lowest BCUT2D eigenvalue weighted by atomic mass is 10.1. The second-order valence-electron chi connectivity index (χ2n) is 4.04. The van der Waals surface area contributed by atoms with Crippen LogP contribution in [0.2, 0.25) is 0 Å². The summed E-state index contributed by atoms with van der Waals surface area (Å²) < 4.78 is 0. The molecule has 0 saturated carbocycles. The highest BCUT2D eigenvalue weighted by Crippen LogP contribution is 2.21. The molecule has 0 atom stereocenters. The van der Waals surface area contributed by atoms with Gasteiger partial charge >= 0.3 is 0 Å². The van der Waals surface area contributed by atoms with E-state index in [4.69, 9.17) is 0 Å². The van der Waals surface area contributed by atoms with Gasteiger partial charge in [-0.15, -0.1) is 11.3 Å². The zero-order valence-electron chi connectivity index (χ0n) is 10.4. The number of carbonyl (C=O) groups is 1. The molecule has 0 saturated heterocycles. The van der Waals surface area contributed by atoms with Crippen molar-refractivity contribution in [3.05, 3.63) is 40.3 Å². The number of aryl methyl sites for hydroxylation is 1. The quantitative estimate of drug-likeness (QED) is 0.889. The number of hydrogen-bond donors (Lipinski definition) is 2. The largest absolute Gasteiger partial charge is 0.379 e. The topological polar surface area (TPSA) is 54.0 Å². The van der Waals surface area contributed by atoms with Crippen LogP contribution in [0.1, 0.15) is 18.2 Å². The Morgan fingerprint density at radius 2 is 2.28 bits per heavy atom. The normalized spacial score (nSPS) is 10.1. The van der Waals surface area contributed by atoms with Crippen LogP contribution in [-0.4, -0.2) is 10.9 Å². The molecule has 4 nitrogen and oxygen atoms in total. The Morgan fingerprint density at radius 3 is 2.94 bits per heavy atom. The minimum absolute atomic E-state index is 0.0655. The molecule has 94 valence electrons. The molecule has 0 fully saturated rings. The van der Waals surface area contributed by atoms with E-state index in [2.05, 4.69) is 15.6 Å². The van der Waals surface area contributed by atoms with Crippen LogP contribution in [0.5, 0.6) is 0 Å². The standard InChI is InChI=1S/C13H15N3OS/c1-9-3-4-11(16-10(2)17)5-13(9)14-6-12-7-18-8-15-12/h3-5,7-8,14H,6H2,1-2H3,(H,16,17). The molecule has 0 aliphatic heterocycles. The van der Waals surface area contributed by atoms with Crippen LogP contribution < -0.4 is 10.6 Å². The highest BCUT2D eigenvalue weighted by Gasteiger charge is 2.02. The van der Waals surface area contributed by atoms with E-state index in [1.54, 1.807) is 11.3 Å². The third-order valence-electron chi connectivity index (χ3n) is 2.50. The van der Waals surface area contributed by atoms with E-state index in [0.717, 1.165) is 22.6 Å². The molecule has 5 heteroatoms. The first-order valence-electron chi connectivity index (χ1n) is 5.64. The summed E-state index contributed by atoms with van der Waals surface area (Å²) in [6.07, 6.45) is 0. The van der Waals surface area contributed by atoms with Gasteiger partial charge < -0.3 is 10.6 Å². The second-order valence-corrected chi connectivity index (χ2v) is 4.76. The molecule has 0 aliphatic rings. The van der Waals surface area contributed by atoms with E-state index < -0.39 is 0 Å². The van der Waals surface area contributed by atoms with Crippen LogP contribution in [0.25, 0.3) is 0 Å². The van der Waals surface area contributed by atoms with Crippen molar-refractivity contribution in [2.45, 2.75) is 20.4 Å². The highest BCUT2D eigenvalue weighted by atomic mass is 32.1. The lowest BCUT2D eigenvalue weighted by Crippen LogP contribution is -2.07. The Hall–Kier alpha value is -1.88. The SMILES string of the molecule is CC(=O)Nc1ccc(C)c(NCc2cscn2)c1. The number of hydrogen-bond acceptors (Lipinski definition) is 4. The molecular weight excluding hydrogens is 246 g/mol. The first-order valence-corrected chi connectivity index (χ1v) is 6.58. The predicted octanol–water partition coefficient (Wildman–Crippen LogP) is 3.02. The molecular formula is C13H15N3OS. The van der Waals surface area contributed by atoms with Gasteiger partial charge in [0.15, 0.2) is 0 Å². The van der Waals surface area contributed by atoms with E-state index in [-0.39, 0.29) is 5.91 Å². The summed E-state index contributed by atoms with van der Waals surface area (Å²) in [7, 11) is 0. The number of aromatic nitrogens is 1. The third-order valence-corrected chi connectivity index (χ3v) is 3.14. The maximum Gasteiger partial charge on any atom is 0.221 e. The first-order chi connectivity index (χ1) is 8.65. The zero-order chi connectivity index (χ0) is 13.0. The maximum atomic E-state index is 11.0. The number of thiazole rings is 1. The minimum Gasteiger partial charge on any atom is -0.379 e. The molecule has 0 unspecified atom stereocenters. The molecule has 2 aromatic rings. The van der Waals surface area contributed by atoms with Gasteiger partial charge in [-0.1, -0.05) is 6.07 Å². The summed E-state index contributed by atoms with van der Waals surface area (Å²) in [6, 6.07) is 5.81. The van der Waals surface area contributed by atoms with Crippen LogP contribution in [-0.2, 0) is 11.3 Å². The zero-order valence-corrected chi connectivity index (χ0v) is 11.2. The predicted molar refractivity (Wildman–Crippen MR) is 74.9 cm³/mol. The third kappa shape index (κ3) is 3.30. The highest BCUT2D eigenvalue weighted by molar-refractivity contribution is 7.07. The molecule has 0 radical (unpaired) electrons. The van der Waals surface area contributed by atoms with Crippen LogP contribution >= 0.6 is 11.3 Å². The Kier molecular flexibility index (Phi) is 3.94. The Bertz CT molecular complexity index is 537. The molecule has 0 spiro atoms. The maximum absolute atomic E-state index is 11.0. The van der Waals surface area contributed by atoms with Crippen molar-refractivity contribution in [2.75, 3.05) is 10.6 Å².